The lowest BCUT2D eigenvalue weighted by molar-refractivity contribution is -0.385. The molecule has 1 heterocycles. The van der Waals surface area contributed by atoms with Crippen molar-refractivity contribution in [1.82, 2.24) is 9.80 Å². The highest BCUT2D eigenvalue weighted by atomic mass is 19.1. The summed E-state index contributed by atoms with van der Waals surface area (Å²) in [5, 5.41) is 11.4. The van der Waals surface area contributed by atoms with E-state index in [1.54, 1.807) is 31.2 Å². The fourth-order valence-electron chi connectivity index (χ4n) is 4.38. The third kappa shape index (κ3) is 5.02. The number of benzene rings is 2. The Labute approximate surface area is 176 Å². The summed E-state index contributed by atoms with van der Waals surface area (Å²) in [5.41, 5.74) is 1.82. The number of nitro benzene ring substituents is 1. The van der Waals surface area contributed by atoms with Crippen molar-refractivity contribution < 1.29 is 14.1 Å². The minimum absolute atomic E-state index is 0.0278. The predicted octanol–water partition coefficient (Wildman–Crippen LogP) is 4.21. The van der Waals surface area contributed by atoms with Crippen molar-refractivity contribution in [3.05, 3.63) is 75.6 Å². The van der Waals surface area contributed by atoms with Crippen LogP contribution in [0.5, 0.6) is 0 Å². The molecule has 1 aliphatic heterocycles. The Hall–Kier alpha value is -2.80. The Morgan fingerprint density at radius 3 is 2.47 bits per heavy atom. The first-order valence-corrected chi connectivity index (χ1v) is 10.2. The number of hydrogen-bond acceptors (Lipinski definition) is 4. The lowest BCUT2D eigenvalue weighted by atomic mass is 9.88. The van der Waals surface area contributed by atoms with Gasteiger partial charge in [-0.2, -0.15) is 0 Å². The van der Waals surface area contributed by atoms with Crippen LogP contribution in [-0.2, 0) is 11.3 Å². The van der Waals surface area contributed by atoms with Crippen molar-refractivity contribution in [1.29, 1.82) is 0 Å². The molecule has 0 radical (unpaired) electrons. The van der Waals surface area contributed by atoms with E-state index in [4.69, 9.17) is 0 Å². The van der Waals surface area contributed by atoms with Crippen LogP contribution in [0.1, 0.15) is 37.8 Å². The largest absolute Gasteiger partial charge is 0.340 e. The van der Waals surface area contributed by atoms with Gasteiger partial charge in [0.15, 0.2) is 0 Å². The van der Waals surface area contributed by atoms with E-state index in [2.05, 4.69) is 4.90 Å². The van der Waals surface area contributed by atoms with Crippen LogP contribution in [0.2, 0.25) is 0 Å². The molecule has 0 saturated carbocycles. The van der Waals surface area contributed by atoms with E-state index in [0.29, 0.717) is 31.7 Å². The van der Waals surface area contributed by atoms with Gasteiger partial charge >= 0.3 is 0 Å². The number of nitrogens with zero attached hydrogens (tertiary/aromatic N) is 3. The van der Waals surface area contributed by atoms with Gasteiger partial charge in [0, 0.05) is 56.7 Å². The van der Waals surface area contributed by atoms with Crippen LogP contribution >= 0.6 is 0 Å². The summed E-state index contributed by atoms with van der Waals surface area (Å²) >= 11 is 0. The number of carbonyl (C=O) groups excluding carboxylic acids is 1. The zero-order valence-electron chi connectivity index (χ0n) is 17.6. The first-order valence-electron chi connectivity index (χ1n) is 10.2. The number of hydrogen-bond donors (Lipinski definition) is 0. The van der Waals surface area contributed by atoms with Gasteiger partial charge in [-0.25, -0.2) is 4.39 Å². The van der Waals surface area contributed by atoms with E-state index in [0.717, 1.165) is 5.56 Å². The van der Waals surface area contributed by atoms with Gasteiger partial charge in [-0.15, -0.1) is 0 Å². The van der Waals surface area contributed by atoms with Crippen molar-refractivity contribution in [2.75, 3.05) is 19.6 Å². The SMILES string of the molecule is CC(=O)N(C[C@@H]1CN(Cc2ccccc2[N+](=O)[O-])C[C@@H]1c1ccc(F)cc1)C(C)C. The molecule has 1 aliphatic rings. The number of likely N-dealkylation sites (tertiary alicyclic amines) is 1. The van der Waals surface area contributed by atoms with E-state index >= 15 is 0 Å². The van der Waals surface area contributed by atoms with Crippen molar-refractivity contribution in [3.8, 4) is 0 Å². The van der Waals surface area contributed by atoms with E-state index in [1.807, 2.05) is 24.8 Å². The smallest absolute Gasteiger partial charge is 0.273 e. The molecular formula is C23H28FN3O3. The van der Waals surface area contributed by atoms with Gasteiger partial charge < -0.3 is 4.90 Å². The zero-order chi connectivity index (χ0) is 21.8. The highest BCUT2D eigenvalue weighted by Crippen LogP contribution is 2.35. The molecule has 0 N–H and O–H groups in total. The summed E-state index contributed by atoms with van der Waals surface area (Å²) in [4.78, 5) is 27.2. The predicted molar refractivity (Wildman–Crippen MR) is 114 cm³/mol. The Morgan fingerprint density at radius 2 is 1.87 bits per heavy atom. The van der Waals surface area contributed by atoms with Crippen molar-refractivity contribution in [2.24, 2.45) is 5.92 Å². The van der Waals surface area contributed by atoms with Crippen LogP contribution in [0.25, 0.3) is 0 Å². The summed E-state index contributed by atoms with van der Waals surface area (Å²) in [6.45, 7) is 8.04. The maximum Gasteiger partial charge on any atom is 0.273 e. The monoisotopic (exact) mass is 413 g/mol. The van der Waals surface area contributed by atoms with Gasteiger partial charge in [0.05, 0.1) is 4.92 Å². The van der Waals surface area contributed by atoms with Gasteiger partial charge in [0.2, 0.25) is 5.91 Å². The molecule has 1 amide bonds. The Kier molecular flexibility index (Phi) is 6.82. The fraction of sp³-hybridized carbons (Fsp3) is 0.435. The maximum atomic E-state index is 13.4. The molecular weight excluding hydrogens is 385 g/mol. The second-order valence-electron chi connectivity index (χ2n) is 8.26. The van der Waals surface area contributed by atoms with Gasteiger partial charge in [-0.05, 0) is 37.5 Å². The van der Waals surface area contributed by atoms with Crippen LogP contribution in [-0.4, -0.2) is 46.3 Å². The first-order chi connectivity index (χ1) is 14.3. The fourth-order valence-corrected chi connectivity index (χ4v) is 4.38. The molecule has 3 rings (SSSR count). The molecule has 7 heteroatoms. The number of para-hydroxylation sites is 1. The van der Waals surface area contributed by atoms with Crippen LogP contribution in [0, 0.1) is 21.8 Å². The van der Waals surface area contributed by atoms with E-state index in [9.17, 15) is 19.3 Å². The topological polar surface area (TPSA) is 66.7 Å². The van der Waals surface area contributed by atoms with Crippen LogP contribution in [0.4, 0.5) is 10.1 Å². The number of nitro groups is 1. The second-order valence-corrected chi connectivity index (χ2v) is 8.26. The lowest BCUT2D eigenvalue weighted by Gasteiger charge is -2.30. The normalized spacial score (nSPS) is 19.2. The van der Waals surface area contributed by atoms with Crippen LogP contribution in [0.3, 0.4) is 0 Å². The van der Waals surface area contributed by atoms with Gasteiger partial charge in [0.1, 0.15) is 5.82 Å². The van der Waals surface area contributed by atoms with Crippen molar-refractivity contribution in [3.63, 3.8) is 0 Å². The molecule has 1 saturated heterocycles. The summed E-state index contributed by atoms with van der Waals surface area (Å²) in [6.07, 6.45) is 0. The Bertz CT molecular complexity index is 901. The van der Waals surface area contributed by atoms with Crippen molar-refractivity contribution >= 4 is 11.6 Å². The van der Waals surface area contributed by atoms with Crippen LogP contribution < -0.4 is 0 Å². The van der Waals surface area contributed by atoms with E-state index in [-0.39, 0.29) is 40.2 Å². The molecule has 2 aromatic rings. The average molecular weight is 413 g/mol. The quantitative estimate of drug-likeness (QED) is 0.504. The minimum atomic E-state index is -0.351. The van der Waals surface area contributed by atoms with Gasteiger partial charge in [-0.3, -0.25) is 19.8 Å². The summed E-state index contributed by atoms with van der Waals surface area (Å²) in [7, 11) is 0. The molecule has 2 aromatic carbocycles. The maximum absolute atomic E-state index is 13.4. The number of amides is 1. The zero-order valence-corrected chi connectivity index (χ0v) is 17.6. The third-order valence-corrected chi connectivity index (χ3v) is 5.86. The Balaban J connectivity index is 1.85. The molecule has 160 valence electrons. The van der Waals surface area contributed by atoms with E-state index in [1.165, 1.54) is 18.2 Å². The molecule has 0 bridgehead atoms. The molecule has 0 aliphatic carbocycles. The first kappa shape index (κ1) is 21.9. The van der Waals surface area contributed by atoms with Crippen molar-refractivity contribution in [2.45, 2.75) is 39.3 Å². The second kappa shape index (κ2) is 9.34. The Morgan fingerprint density at radius 1 is 1.20 bits per heavy atom. The lowest BCUT2D eigenvalue weighted by Crippen LogP contribution is -2.40. The van der Waals surface area contributed by atoms with Crippen LogP contribution in [0.15, 0.2) is 48.5 Å². The van der Waals surface area contributed by atoms with Gasteiger partial charge in [-0.1, -0.05) is 30.3 Å². The highest BCUT2D eigenvalue weighted by molar-refractivity contribution is 5.73. The molecule has 1 fully saturated rings. The van der Waals surface area contributed by atoms with Gasteiger partial charge in [0.25, 0.3) is 5.69 Å². The average Bonchev–Trinajstić information content (AvgIpc) is 3.08. The summed E-state index contributed by atoms with van der Waals surface area (Å²) in [5.74, 6) is 0.0242. The number of carbonyl (C=O) groups is 1. The molecule has 2 atom stereocenters. The number of rotatable bonds is 7. The summed E-state index contributed by atoms with van der Waals surface area (Å²) in [6, 6.07) is 13.4. The standard InChI is InChI=1S/C23H28FN3O3/c1-16(2)26(17(3)28)14-20-13-25(12-19-6-4-5-7-23(19)27(29)30)15-22(20)18-8-10-21(24)11-9-18/h4-11,16,20,22H,12-15H2,1-3H3/t20-,22+/m0/s1. The molecule has 0 aromatic heterocycles. The molecule has 0 unspecified atom stereocenters. The third-order valence-electron chi connectivity index (χ3n) is 5.86. The minimum Gasteiger partial charge on any atom is -0.340 e. The molecule has 6 nitrogen and oxygen atoms in total. The summed E-state index contributed by atoms with van der Waals surface area (Å²) < 4.78 is 13.4. The number of halogens is 1. The van der Waals surface area contributed by atoms with E-state index < -0.39 is 0 Å². The molecule has 30 heavy (non-hydrogen) atoms. The highest BCUT2D eigenvalue weighted by Gasteiger charge is 2.36. The molecule has 0 spiro atoms.